The Morgan fingerprint density at radius 1 is 1.41 bits per heavy atom. The number of rotatable bonds is 5. The number of carbonyl (C=O) groups excluding carboxylic acids is 3. The monoisotopic (exact) mass is 411 g/mol. The van der Waals surface area contributed by atoms with E-state index in [-0.39, 0.29) is 29.7 Å². The van der Waals surface area contributed by atoms with E-state index in [9.17, 15) is 14.4 Å². The number of hydrogen-bond donors (Lipinski definition) is 1. The fraction of sp³-hybridized carbons (Fsp3) is 0.294. The maximum Gasteiger partial charge on any atom is 0.311 e. The predicted molar refractivity (Wildman–Crippen MR) is 97.8 cm³/mol. The molecule has 0 unspecified atom stereocenters. The van der Waals surface area contributed by atoms with Crippen molar-refractivity contribution in [1.29, 1.82) is 0 Å². The van der Waals surface area contributed by atoms with Crippen molar-refractivity contribution in [1.82, 2.24) is 5.16 Å². The normalized spacial score (nSPS) is 16.5. The van der Waals surface area contributed by atoms with E-state index >= 15 is 0 Å². The Labute approximate surface area is 164 Å². The highest BCUT2D eigenvalue weighted by Crippen LogP contribution is 2.35. The van der Waals surface area contributed by atoms with Crippen LogP contribution in [0.25, 0.3) is 0 Å². The number of ether oxygens (including phenoxy) is 1. The van der Waals surface area contributed by atoms with Crippen molar-refractivity contribution in [2.45, 2.75) is 13.3 Å². The summed E-state index contributed by atoms with van der Waals surface area (Å²) < 4.78 is 9.83. The van der Waals surface area contributed by atoms with Crippen molar-refractivity contribution >= 4 is 52.5 Å². The fourth-order valence-electron chi connectivity index (χ4n) is 2.66. The molecule has 10 heteroatoms. The van der Waals surface area contributed by atoms with Crippen LogP contribution in [0.2, 0.25) is 10.0 Å². The highest BCUT2D eigenvalue weighted by Gasteiger charge is 2.37. The van der Waals surface area contributed by atoms with Crippen LogP contribution in [0.15, 0.2) is 28.8 Å². The third-order valence-corrected chi connectivity index (χ3v) is 4.73. The second-order valence-electron chi connectivity index (χ2n) is 5.96. The molecule has 2 heterocycles. The van der Waals surface area contributed by atoms with Crippen LogP contribution in [0, 0.1) is 12.8 Å². The molecule has 1 aliphatic heterocycles. The standard InChI is InChI=1S/C17H15Cl2N3O5/c1-9-5-13(21-27-9)20-14(23)8-26-17(25)10-6-15(24)22(7-10)12-4-2-3-11(18)16(12)19/h2-5,10H,6-8H2,1H3,(H,20,21,23)/t10-/m1/s1. The summed E-state index contributed by atoms with van der Waals surface area (Å²) in [6.45, 7) is 1.28. The first-order valence-electron chi connectivity index (χ1n) is 7.99. The average molecular weight is 412 g/mol. The molecular weight excluding hydrogens is 397 g/mol. The van der Waals surface area contributed by atoms with Gasteiger partial charge in [0.1, 0.15) is 5.76 Å². The van der Waals surface area contributed by atoms with E-state index in [4.69, 9.17) is 32.5 Å². The molecule has 0 bridgehead atoms. The van der Waals surface area contributed by atoms with Crippen molar-refractivity contribution in [2.75, 3.05) is 23.4 Å². The van der Waals surface area contributed by atoms with Crippen molar-refractivity contribution in [3.63, 3.8) is 0 Å². The minimum absolute atomic E-state index is 0.0359. The maximum absolute atomic E-state index is 12.3. The molecule has 3 rings (SSSR count). The van der Waals surface area contributed by atoms with Crippen LogP contribution in [-0.2, 0) is 19.1 Å². The molecule has 1 aliphatic rings. The molecule has 27 heavy (non-hydrogen) atoms. The largest absolute Gasteiger partial charge is 0.455 e. The molecule has 0 spiro atoms. The molecule has 0 aliphatic carbocycles. The van der Waals surface area contributed by atoms with Gasteiger partial charge in [-0.25, -0.2) is 0 Å². The van der Waals surface area contributed by atoms with Crippen molar-refractivity contribution in [3.8, 4) is 0 Å². The first-order chi connectivity index (χ1) is 12.8. The highest BCUT2D eigenvalue weighted by atomic mass is 35.5. The molecule has 0 radical (unpaired) electrons. The zero-order valence-electron chi connectivity index (χ0n) is 14.2. The van der Waals surface area contributed by atoms with Crippen LogP contribution < -0.4 is 10.2 Å². The first kappa shape index (κ1) is 19.2. The fourth-order valence-corrected chi connectivity index (χ4v) is 3.06. The molecule has 1 aromatic heterocycles. The lowest BCUT2D eigenvalue weighted by atomic mass is 10.1. The van der Waals surface area contributed by atoms with Gasteiger partial charge in [-0.05, 0) is 19.1 Å². The van der Waals surface area contributed by atoms with E-state index in [1.807, 2.05) is 0 Å². The summed E-state index contributed by atoms with van der Waals surface area (Å²) in [7, 11) is 0. The van der Waals surface area contributed by atoms with Crippen LogP contribution in [-0.4, -0.2) is 36.1 Å². The molecule has 1 atom stereocenters. The zero-order valence-corrected chi connectivity index (χ0v) is 15.7. The van der Waals surface area contributed by atoms with E-state index in [1.165, 1.54) is 11.0 Å². The van der Waals surface area contributed by atoms with Crippen LogP contribution in [0.3, 0.4) is 0 Å². The highest BCUT2D eigenvalue weighted by molar-refractivity contribution is 6.44. The Hall–Kier alpha value is -2.58. The van der Waals surface area contributed by atoms with Crippen LogP contribution in [0.4, 0.5) is 11.5 Å². The van der Waals surface area contributed by atoms with Gasteiger partial charge in [-0.2, -0.15) is 0 Å². The number of carbonyl (C=O) groups is 3. The molecular formula is C17H15Cl2N3O5. The number of anilines is 2. The van der Waals surface area contributed by atoms with Gasteiger partial charge in [0.15, 0.2) is 12.4 Å². The van der Waals surface area contributed by atoms with E-state index in [0.717, 1.165) is 0 Å². The molecule has 2 aromatic rings. The lowest BCUT2D eigenvalue weighted by Crippen LogP contribution is -2.28. The van der Waals surface area contributed by atoms with Gasteiger partial charge >= 0.3 is 5.97 Å². The first-order valence-corrected chi connectivity index (χ1v) is 8.75. The zero-order chi connectivity index (χ0) is 19.6. The Morgan fingerprint density at radius 3 is 2.89 bits per heavy atom. The molecule has 142 valence electrons. The number of amides is 2. The number of hydrogen-bond acceptors (Lipinski definition) is 6. The molecule has 0 saturated carbocycles. The summed E-state index contributed by atoms with van der Waals surface area (Å²) in [6.07, 6.45) is -0.0359. The Bertz CT molecular complexity index is 898. The molecule has 8 nitrogen and oxygen atoms in total. The second-order valence-corrected chi connectivity index (χ2v) is 6.74. The number of aromatic nitrogens is 1. The van der Waals surface area contributed by atoms with Gasteiger partial charge in [0.25, 0.3) is 5.91 Å². The summed E-state index contributed by atoms with van der Waals surface area (Å²) in [5.74, 6) is -1.41. The van der Waals surface area contributed by atoms with Gasteiger partial charge in [-0.3, -0.25) is 14.4 Å². The molecule has 1 fully saturated rings. The van der Waals surface area contributed by atoms with Crippen LogP contribution in [0.1, 0.15) is 12.2 Å². The van der Waals surface area contributed by atoms with Gasteiger partial charge in [-0.1, -0.05) is 34.4 Å². The number of aryl methyl sites for hydroxylation is 1. The molecule has 1 aromatic carbocycles. The predicted octanol–water partition coefficient (Wildman–Crippen LogP) is 2.82. The summed E-state index contributed by atoms with van der Waals surface area (Å²) in [6, 6.07) is 6.45. The van der Waals surface area contributed by atoms with E-state index in [1.54, 1.807) is 25.1 Å². The summed E-state index contributed by atoms with van der Waals surface area (Å²) in [4.78, 5) is 37.6. The SMILES string of the molecule is Cc1cc(NC(=O)COC(=O)[C@@H]2CC(=O)N(c3cccc(Cl)c3Cl)C2)no1. The van der Waals surface area contributed by atoms with Gasteiger partial charge in [-0.15, -0.1) is 0 Å². The minimum Gasteiger partial charge on any atom is -0.455 e. The lowest BCUT2D eigenvalue weighted by Gasteiger charge is -2.18. The minimum atomic E-state index is -0.699. The van der Waals surface area contributed by atoms with Gasteiger partial charge in [0.05, 0.1) is 21.7 Å². The Balaban J connectivity index is 1.56. The third-order valence-electron chi connectivity index (χ3n) is 3.92. The third kappa shape index (κ3) is 4.40. The number of nitrogens with zero attached hydrogens (tertiary/aromatic N) is 2. The maximum atomic E-state index is 12.3. The number of benzene rings is 1. The topological polar surface area (TPSA) is 102 Å². The summed E-state index contributed by atoms with van der Waals surface area (Å²) in [5.41, 5.74) is 0.434. The number of halogens is 2. The number of nitrogens with one attached hydrogen (secondary N) is 1. The molecule has 2 amide bonds. The second kappa shape index (κ2) is 7.98. The average Bonchev–Trinajstić information content (AvgIpc) is 3.21. The van der Waals surface area contributed by atoms with Gasteiger partial charge in [0, 0.05) is 19.0 Å². The molecule has 1 saturated heterocycles. The van der Waals surface area contributed by atoms with Crippen LogP contribution in [0.5, 0.6) is 0 Å². The smallest absolute Gasteiger partial charge is 0.311 e. The van der Waals surface area contributed by atoms with E-state index < -0.39 is 24.4 Å². The van der Waals surface area contributed by atoms with Crippen molar-refractivity contribution < 1.29 is 23.6 Å². The Kier molecular flexibility index (Phi) is 5.67. The summed E-state index contributed by atoms with van der Waals surface area (Å²) >= 11 is 12.1. The Morgan fingerprint density at radius 2 is 2.19 bits per heavy atom. The van der Waals surface area contributed by atoms with E-state index in [0.29, 0.717) is 16.5 Å². The molecule has 1 N–H and O–H groups in total. The van der Waals surface area contributed by atoms with Crippen molar-refractivity contribution in [2.24, 2.45) is 5.92 Å². The lowest BCUT2D eigenvalue weighted by molar-refractivity contribution is -0.151. The quantitative estimate of drug-likeness (QED) is 0.758. The van der Waals surface area contributed by atoms with Gasteiger partial charge < -0.3 is 19.5 Å². The van der Waals surface area contributed by atoms with Crippen LogP contribution >= 0.6 is 23.2 Å². The van der Waals surface area contributed by atoms with Crippen molar-refractivity contribution in [3.05, 3.63) is 40.1 Å². The number of esters is 1. The van der Waals surface area contributed by atoms with E-state index in [2.05, 4.69) is 10.5 Å². The summed E-state index contributed by atoms with van der Waals surface area (Å²) in [5, 5.41) is 6.59. The van der Waals surface area contributed by atoms with Gasteiger partial charge in [0.2, 0.25) is 5.91 Å².